The largest absolute Gasteiger partial charge is 0.471 e. The third-order valence-corrected chi connectivity index (χ3v) is 5.09. The lowest BCUT2D eigenvalue weighted by atomic mass is 10.0. The number of benzene rings is 1. The topological polar surface area (TPSA) is 85.5 Å². The Morgan fingerprint density at radius 2 is 2.07 bits per heavy atom. The molecular weight excluding hydrogens is 429 g/mol. The molecule has 148 valence electrons. The average molecular weight is 450 g/mol. The van der Waals surface area contributed by atoms with Gasteiger partial charge in [0.15, 0.2) is 6.17 Å². The number of pyridine rings is 1. The third kappa shape index (κ3) is 4.86. The van der Waals surface area contributed by atoms with E-state index in [0.717, 1.165) is 11.1 Å². The summed E-state index contributed by atoms with van der Waals surface area (Å²) in [6, 6.07) is 9.18. The molecule has 2 N–H and O–H groups in total. The summed E-state index contributed by atoms with van der Waals surface area (Å²) < 4.78 is 20.9. The first-order chi connectivity index (χ1) is 13.3. The molecule has 1 saturated heterocycles. The van der Waals surface area contributed by atoms with E-state index in [-0.39, 0.29) is 30.3 Å². The highest BCUT2D eigenvalue weighted by molar-refractivity contribution is 9.10. The van der Waals surface area contributed by atoms with Gasteiger partial charge in [0.25, 0.3) is 5.91 Å². The van der Waals surface area contributed by atoms with E-state index in [1.165, 1.54) is 17.2 Å². The van der Waals surface area contributed by atoms with Gasteiger partial charge >= 0.3 is 0 Å². The molecule has 2 aromatic rings. The van der Waals surface area contributed by atoms with Gasteiger partial charge < -0.3 is 15.4 Å². The van der Waals surface area contributed by atoms with Crippen molar-refractivity contribution in [2.45, 2.75) is 32.0 Å². The van der Waals surface area contributed by atoms with Crippen LogP contribution in [0, 0.1) is 6.92 Å². The van der Waals surface area contributed by atoms with Crippen LogP contribution in [0.15, 0.2) is 41.0 Å². The first kappa shape index (κ1) is 20.3. The Labute approximate surface area is 171 Å². The number of hydrogen-bond acceptors (Lipinski definition) is 4. The molecule has 1 aromatic heterocycles. The number of amides is 2. The van der Waals surface area contributed by atoms with Crippen molar-refractivity contribution in [1.82, 2.24) is 9.88 Å². The molecule has 2 amide bonds. The molecule has 1 aliphatic heterocycles. The van der Waals surface area contributed by atoms with Gasteiger partial charge in [0.05, 0.1) is 13.0 Å². The average Bonchev–Trinajstić information content (AvgIpc) is 2.66. The predicted molar refractivity (Wildman–Crippen MR) is 106 cm³/mol. The van der Waals surface area contributed by atoms with Crippen LogP contribution in [0.3, 0.4) is 0 Å². The van der Waals surface area contributed by atoms with Crippen molar-refractivity contribution in [3.8, 4) is 5.88 Å². The number of primary amides is 1. The number of ether oxygens (including phenoxy) is 1. The van der Waals surface area contributed by atoms with Crippen LogP contribution in [0.5, 0.6) is 5.88 Å². The molecule has 28 heavy (non-hydrogen) atoms. The number of halogens is 2. The van der Waals surface area contributed by atoms with Gasteiger partial charge in [0.2, 0.25) is 11.8 Å². The van der Waals surface area contributed by atoms with Crippen LogP contribution >= 0.6 is 15.9 Å². The van der Waals surface area contributed by atoms with Crippen LogP contribution < -0.4 is 10.5 Å². The van der Waals surface area contributed by atoms with Crippen LogP contribution in [0.1, 0.15) is 27.9 Å². The van der Waals surface area contributed by atoms with E-state index >= 15 is 0 Å². The molecule has 0 unspecified atom stereocenters. The van der Waals surface area contributed by atoms with E-state index in [1.807, 2.05) is 31.2 Å². The SMILES string of the molecule is Cc1ccc(CC(=O)N2CC[C@@H](Oc3ncc(Br)cc3C(N)=O)[C@H](F)C2)cc1. The van der Waals surface area contributed by atoms with Crippen molar-refractivity contribution in [2.75, 3.05) is 13.1 Å². The lowest BCUT2D eigenvalue weighted by Gasteiger charge is -2.34. The summed E-state index contributed by atoms with van der Waals surface area (Å²) >= 11 is 3.21. The first-order valence-electron chi connectivity index (χ1n) is 8.93. The zero-order chi connectivity index (χ0) is 20.3. The minimum absolute atomic E-state index is 0.00258. The van der Waals surface area contributed by atoms with Crippen molar-refractivity contribution in [2.24, 2.45) is 5.73 Å². The van der Waals surface area contributed by atoms with Gasteiger partial charge in [0.1, 0.15) is 11.7 Å². The van der Waals surface area contributed by atoms with Gasteiger partial charge in [-0.15, -0.1) is 0 Å². The molecule has 6 nitrogen and oxygen atoms in total. The number of nitrogens with zero attached hydrogens (tertiary/aromatic N) is 2. The number of piperidine rings is 1. The second-order valence-corrected chi connectivity index (χ2v) is 7.75. The molecule has 0 bridgehead atoms. The summed E-state index contributed by atoms with van der Waals surface area (Å²) in [5.41, 5.74) is 7.44. The highest BCUT2D eigenvalue weighted by Gasteiger charge is 2.34. The molecule has 0 saturated carbocycles. The fourth-order valence-corrected chi connectivity index (χ4v) is 3.41. The Morgan fingerprint density at radius 3 is 2.71 bits per heavy atom. The number of carbonyl (C=O) groups is 2. The van der Waals surface area contributed by atoms with Crippen molar-refractivity contribution in [1.29, 1.82) is 0 Å². The molecule has 3 rings (SSSR count). The fourth-order valence-electron chi connectivity index (χ4n) is 3.08. The van der Waals surface area contributed by atoms with E-state index in [0.29, 0.717) is 17.4 Å². The zero-order valence-electron chi connectivity index (χ0n) is 15.4. The Bertz CT molecular complexity index is 875. The number of aromatic nitrogens is 1. The maximum atomic E-state index is 14.7. The standard InChI is InChI=1S/C20H21BrFN3O3/c1-12-2-4-13(5-3-12)8-18(26)25-7-6-17(16(22)11-25)28-20-15(19(23)27)9-14(21)10-24-20/h2-5,9-10,16-17H,6-8,11H2,1H3,(H2,23,27)/t16-,17-/m1/s1. The molecule has 0 aliphatic carbocycles. The van der Waals surface area contributed by atoms with Crippen LogP contribution in [-0.2, 0) is 11.2 Å². The lowest BCUT2D eigenvalue weighted by molar-refractivity contribution is -0.134. The first-order valence-corrected chi connectivity index (χ1v) is 9.72. The summed E-state index contributed by atoms with van der Waals surface area (Å²) in [4.78, 5) is 29.6. The smallest absolute Gasteiger partial charge is 0.254 e. The highest BCUT2D eigenvalue weighted by Crippen LogP contribution is 2.25. The molecule has 0 spiro atoms. The van der Waals surface area contributed by atoms with E-state index in [1.54, 1.807) is 0 Å². The molecule has 1 fully saturated rings. The minimum Gasteiger partial charge on any atom is -0.471 e. The summed E-state index contributed by atoms with van der Waals surface area (Å²) in [5, 5.41) is 0. The monoisotopic (exact) mass is 449 g/mol. The maximum absolute atomic E-state index is 14.7. The third-order valence-electron chi connectivity index (χ3n) is 4.66. The molecule has 2 heterocycles. The van der Waals surface area contributed by atoms with E-state index < -0.39 is 18.2 Å². The molecule has 2 atom stereocenters. The normalized spacial score (nSPS) is 19.3. The van der Waals surface area contributed by atoms with Crippen molar-refractivity contribution < 1.29 is 18.7 Å². The Morgan fingerprint density at radius 1 is 1.36 bits per heavy atom. The van der Waals surface area contributed by atoms with E-state index in [9.17, 15) is 14.0 Å². The van der Waals surface area contributed by atoms with Crippen molar-refractivity contribution in [3.63, 3.8) is 0 Å². The maximum Gasteiger partial charge on any atom is 0.254 e. The summed E-state index contributed by atoms with van der Waals surface area (Å²) in [5.74, 6) is -0.822. The number of nitrogens with two attached hydrogens (primary N) is 1. The fraction of sp³-hybridized carbons (Fsp3) is 0.350. The number of likely N-dealkylation sites (tertiary alicyclic amines) is 1. The van der Waals surface area contributed by atoms with Crippen LogP contribution in [0.2, 0.25) is 0 Å². The summed E-state index contributed by atoms with van der Waals surface area (Å²) in [7, 11) is 0. The van der Waals surface area contributed by atoms with E-state index in [4.69, 9.17) is 10.5 Å². The van der Waals surface area contributed by atoms with Crippen LogP contribution in [-0.4, -0.2) is 47.1 Å². The number of alkyl halides is 1. The second kappa shape index (κ2) is 8.68. The Hall–Kier alpha value is -2.48. The molecule has 8 heteroatoms. The Balaban J connectivity index is 1.61. The summed E-state index contributed by atoms with van der Waals surface area (Å²) in [6.45, 7) is 2.30. The summed E-state index contributed by atoms with van der Waals surface area (Å²) in [6.07, 6.45) is -0.193. The number of aryl methyl sites for hydroxylation is 1. The molecule has 0 radical (unpaired) electrons. The molecular formula is C20H21BrFN3O3. The highest BCUT2D eigenvalue weighted by atomic mass is 79.9. The van der Waals surface area contributed by atoms with Gasteiger partial charge in [-0.1, -0.05) is 29.8 Å². The molecule has 1 aromatic carbocycles. The van der Waals surface area contributed by atoms with Gasteiger partial charge in [-0.3, -0.25) is 9.59 Å². The van der Waals surface area contributed by atoms with Crippen molar-refractivity contribution >= 4 is 27.7 Å². The quantitative estimate of drug-likeness (QED) is 0.760. The van der Waals surface area contributed by atoms with Gasteiger partial charge in [-0.2, -0.15) is 0 Å². The van der Waals surface area contributed by atoms with Gasteiger partial charge in [-0.05, 0) is 34.5 Å². The second-order valence-electron chi connectivity index (χ2n) is 6.83. The zero-order valence-corrected chi connectivity index (χ0v) is 17.0. The lowest BCUT2D eigenvalue weighted by Crippen LogP contribution is -2.49. The number of carbonyl (C=O) groups excluding carboxylic acids is 2. The van der Waals surface area contributed by atoms with Gasteiger partial charge in [0, 0.05) is 23.6 Å². The van der Waals surface area contributed by atoms with Crippen molar-refractivity contribution in [3.05, 3.63) is 57.7 Å². The predicted octanol–water partition coefficient (Wildman–Crippen LogP) is 2.81. The van der Waals surface area contributed by atoms with E-state index in [2.05, 4.69) is 20.9 Å². The number of hydrogen-bond donors (Lipinski definition) is 1. The number of rotatable bonds is 5. The van der Waals surface area contributed by atoms with Crippen LogP contribution in [0.25, 0.3) is 0 Å². The Kier molecular flexibility index (Phi) is 6.28. The molecule has 1 aliphatic rings. The van der Waals surface area contributed by atoms with Crippen LogP contribution in [0.4, 0.5) is 4.39 Å². The minimum atomic E-state index is -1.39. The van der Waals surface area contributed by atoms with Gasteiger partial charge in [-0.25, -0.2) is 9.37 Å².